The number of hydrogen-bond acceptors (Lipinski definition) is 7. The van der Waals surface area contributed by atoms with E-state index in [4.69, 9.17) is 21.1 Å². The molecule has 0 bridgehead atoms. The van der Waals surface area contributed by atoms with E-state index in [0.717, 1.165) is 31.8 Å². The van der Waals surface area contributed by atoms with Crippen molar-refractivity contribution in [1.29, 1.82) is 0 Å². The third-order valence-corrected chi connectivity index (χ3v) is 9.86. The van der Waals surface area contributed by atoms with Crippen molar-refractivity contribution in [1.82, 2.24) is 14.3 Å². The molecular weight excluding hydrogens is 638 g/mol. The van der Waals surface area contributed by atoms with Gasteiger partial charge in [-0.2, -0.15) is 0 Å². The van der Waals surface area contributed by atoms with Crippen LogP contribution in [0.5, 0.6) is 0 Å². The van der Waals surface area contributed by atoms with Gasteiger partial charge in [-0.15, -0.1) is 0 Å². The average Bonchev–Trinajstić information content (AvgIpc) is 3.54. The van der Waals surface area contributed by atoms with E-state index in [2.05, 4.69) is 10.3 Å². The molecule has 47 heavy (non-hydrogen) atoms. The van der Waals surface area contributed by atoms with Crippen LogP contribution in [0.4, 0.5) is 4.79 Å². The van der Waals surface area contributed by atoms with Gasteiger partial charge in [-0.3, -0.25) is 0 Å². The summed E-state index contributed by atoms with van der Waals surface area (Å²) in [7, 11) is -4.07. The quantitative estimate of drug-likeness (QED) is 0.176. The van der Waals surface area contributed by atoms with Gasteiger partial charge in [-0.25, -0.2) is 27.0 Å². The number of nitrogens with one attached hydrogen (secondary N) is 1. The molecule has 2 aromatic heterocycles. The summed E-state index contributed by atoms with van der Waals surface area (Å²) in [4.78, 5) is 31.2. The second kappa shape index (κ2) is 12.5. The Balaban J connectivity index is 1.29. The fourth-order valence-electron chi connectivity index (χ4n) is 5.85. The van der Waals surface area contributed by atoms with Crippen LogP contribution in [0.15, 0.2) is 96.2 Å². The van der Waals surface area contributed by atoms with E-state index in [1.54, 1.807) is 39.0 Å². The molecule has 6 rings (SSSR count). The standard InChI is InChI=1S/C36H34ClN3O6S/c1-22-13-15-25(16-14-22)47(43,44)40-20-23(30-18-24(37)19-38-33(30)40)17-32(34(41)46-36(2,3)4)39-35(42)45-21-31-28-11-7-5-9-26(28)27-10-6-8-12-29(27)31/h5-16,18-20,31-32H,17,21H2,1-4H3,(H,39,42)/t32-/m0/s1. The van der Waals surface area contributed by atoms with E-state index in [-0.39, 0.29) is 34.5 Å². The molecular formula is C36H34ClN3O6S. The number of alkyl carbamates (subject to hydrolysis) is 1. The Morgan fingerprint density at radius 3 is 2.21 bits per heavy atom. The molecule has 5 aromatic rings. The van der Waals surface area contributed by atoms with E-state index in [1.165, 1.54) is 24.5 Å². The summed E-state index contributed by atoms with van der Waals surface area (Å²) in [6, 6.07) is 22.8. The Morgan fingerprint density at radius 2 is 1.60 bits per heavy atom. The first kappa shape index (κ1) is 32.3. The second-order valence-electron chi connectivity index (χ2n) is 12.6. The zero-order valence-corrected chi connectivity index (χ0v) is 27.9. The molecule has 0 aliphatic heterocycles. The van der Waals surface area contributed by atoms with Gasteiger partial charge in [0.25, 0.3) is 10.0 Å². The third-order valence-electron chi connectivity index (χ3n) is 7.99. The summed E-state index contributed by atoms with van der Waals surface area (Å²) in [6.07, 6.45) is 1.83. The number of nitrogens with zero attached hydrogens (tertiary/aromatic N) is 2. The molecule has 11 heteroatoms. The van der Waals surface area contributed by atoms with Gasteiger partial charge in [0.1, 0.15) is 18.2 Å². The predicted molar refractivity (Wildman–Crippen MR) is 180 cm³/mol. The van der Waals surface area contributed by atoms with Gasteiger partial charge in [-0.1, -0.05) is 77.8 Å². The third kappa shape index (κ3) is 6.61. The number of aryl methyl sites for hydroxylation is 1. The highest BCUT2D eigenvalue weighted by Crippen LogP contribution is 2.44. The van der Waals surface area contributed by atoms with Crippen LogP contribution in [0.1, 0.15) is 48.9 Å². The molecule has 3 aromatic carbocycles. The van der Waals surface area contributed by atoms with E-state index in [1.807, 2.05) is 55.5 Å². The summed E-state index contributed by atoms with van der Waals surface area (Å²) in [6.45, 7) is 7.08. The average molecular weight is 672 g/mol. The minimum atomic E-state index is -4.07. The van der Waals surface area contributed by atoms with Crippen LogP contribution in [0.25, 0.3) is 22.2 Å². The van der Waals surface area contributed by atoms with Crippen LogP contribution in [-0.4, -0.2) is 47.7 Å². The highest BCUT2D eigenvalue weighted by atomic mass is 35.5. The van der Waals surface area contributed by atoms with Crippen molar-refractivity contribution in [2.75, 3.05) is 6.61 Å². The van der Waals surface area contributed by atoms with Crippen LogP contribution < -0.4 is 5.32 Å². The van der Waals surface area contributed by atoms with Crippen LogP contribution in [-0.2, 0) is 30.7 Å². The lowest BCUT2D eigenvalue weighted by atomic mass is 9.98. The summed E-state index contributed by atoms with van der Waals surface area (Å²) in [5, 5.41) is 3.37. The van der Waals surface area contributed by atoms with Crippen molar-refractivity contribution < 1.29 is 27.5 Å². The number of ether oxygens (including phenoxy) is 2. The van der Waals surface area contributed by atoms with Crippen LogP contribution in [0, 0.1) is 6.92 Å². The first-order valence-corrected chi connectivity index (χ1v) is 17.0. The van der Waals surface area contributed by atoms with Gasteiger partial charge in [0.2, 0.25) is 0 Å². The molecule has 1 aliphatic rings. The maximum Gasteiger partial charge on any atom is 0.407 e. The molecule has 0 saturated carbocycles. The zero-order valence-electron chi connectivity index (χ0n) is 26.4. The SMILES string of the molecule is Cc1ccc(S(=O)(=O)n2cc(C[C@H](NC(=O)OCC3c4ccccc4-c4ccccc43)C(=O)OC(C)(C)C)c3cc(Cl)cnc32)cc1. The minimum absolute atomic E-state index is 0.0501. The molecule has 1 amide bonds. The van der Waals surface area contributed by atoms with Crippen molar-refractivity contribution in [3.63, 3.8) is 0 Å². The van der Waals surface area contributed by atoms with Crippen molar-refractivity contribution >= 4 is 44.7 Å². The summed E-state index contributed by atoms with van der Waals surface area (Å²) in [5.41, 5.74) is 4.89. The normalized spacial score (nSPS) is 13.6. The monoisotopic (exact) mass is 671 g/mol. The minimum Gasteiger partial charge on any atom is -0.458 e. The summed E-state index contributed by atoms with van der Waals surface area (Å²) >= 11 is 6.29. The number of hydrogen-bond donors (Lipinski definition) is 1. The lowest BCUT2D eigenvalue weighted by Crippen LogP contribution is -2.46. The number of pyridine rings is 1. The molecule has 0 saturated heterocycles. The maximum atomic E-state index is 13.7. The largest absolute Gasteiger partial charge is 0.458 e. The van der Waals surface area contributed by atoms with Crippen molar-refractivity contribution in [3.8, 4) is 11.1 Å². The van der Waals surface area contributed by atoms with Gasteiger partial charge in [0.15, 0.2) is 5.65 Å². The molecule has 2 heterocycles. The number of carbonyl (C=O) groups is 2. The molecule has 0 radical (unpaired) electrons. The number of fused-ring (bicyclic) bond motifs is 4. The lowest BCUT2D eigenvalue weighted by Gasteiger charge is -2.24. The Kier molecular flexibility index (Phi) is 8.59. The number of amides is 1. The summed E-state index contributed by atoms with van der Waals surface area (Å²) in [5.74, 6) is -0.880. The predicted octanol–water partition coefficient (Wildman–Crippen LogP) is 7.03. The van der Waals surface area contributed by atoms with Crippen molar-refractivity contribution in [2.24, 2.45) is 0 Å². The van der Waals surface area contributed by atoms with Gasteiger partial charge in [0, 0.05) is 30.1 Å². The fourth-order valence-corrected chi connectivity index (χ4v) is 7.36. The van der Waals surface area contributed by atoms with E-state index < -0.39 is 33.7 Å². The number of esters is 1. The van der Waals surface area contributed by atoms with Gasteiger partial charge in [-0.05, 0) is 73.7 Å². The number of rotatable bonds is 8. The highest BCUT2D eigenvalue weighted by molar-refractivity contribution is 7.90. The number of aromatic nitrogens is 2. The summed E-state index contributed by atoms with van der Waals surface area (Å²) < 4.78 is 39.9. The molecule has 242 valence electrons. The second-order valence-corrected chi connectivity index (χ2v) is 14.8. The highest BCUT2D eigenvalue weighted by Gasteiger charge is 2.32. The molecule has 1 atom stereocenters. The van der Waals surface area contributed by atoms with Gasteiger partial charge in [0.05, 0.1) is 9.92 Å². The molecule has 1 N–H and O–H groups in total. The van der Waals surface area contributed by atoms with Crippen LogP contribution >= 0.6 is 11.6 Å². The van der Waals surface area contributed by atoms with E-state index in [9.17, 15) is 18.0 Å². The van der Waals surface area contributed by atoms with E-state index in [0.29, 0.717) is 10.9 Å². The zero-order chi connectivity index (χ0) is 33.5. The van der Waals surface area contributed by atoms with Crippen LogP contribution in [0.2, 0.25) is 5.02 Å². The molecule has 1 aliphatic carbocycles. The lowest BCUT2D eigenvalue weighted by molar-refractivity contribution is -0.157. The Hall–Kier alpha value is -4.67. The number of benzene rings is 3. The van der Waals surface area contributed by atoms with Gasteiger partial charge < -0.3 is 14.8 Å². The van der Waals surface area contributed by atoms with Crippen molar-refractivity contribution in [3.05, 3.63) is 119 Å². The Labute approximate surface area is 278 Å². The van der Waals surface area contributed by atoms with E-state index >= 15 is 0 Å². The number of halogens is 1. The molecule has 9 nitrogen and oxygen atoms in total. The Bertz CT molecular complexity index is 2060. The smallest absolute Gasteiger partial charge is 0.407 e. The van der Waals surface area contributed by atoms with Gasteiger partial charge >= 0.3 is 12.1 Å². The molecule has 0 spiro atoms. The first-order valence-electron chi connectivity index (χ1n) is 15.1. The fraction of sp³-hybridized carbons (Fsp3) is 0.250. The molecule has 0 unspecified atom stereocenters. The maximum absolute atomic E-state index is 13.7. The Morgan fingerprint density at radius 1 is 0.979 bits per heavy atom. The van der Waals surface area contributed by atoms with Crippen LogP contribution in [0.3, 0.4) is 0 Å². The van der Waals surface area contributed by atoms with Crippen molar-refractivity contribution in [2.45, 2.75) is 56.6 Å². The topological polar surface area (TPSA) is 117 Å². The number of carbonyl (C=O) groups excluding carboxylic acids is 2. The first-order chi connectivity index (χ1) is 22.3. The molecule has 0 fully saturated rings.